The predicted octanol–water partition coefficient (Wildman–Crippen LogP) is 7.39. The summed E-state index contributed by atoms with van der Waals surface area (Å²) in [6.45, 7) is 2.46. The molecule has 2 heterocycles. The Labute approximate surface area is 232 Å². The molecule has 7 rings (SSSR count). The molecule has 190 valence electrons. The highest BCUT2D eigenvalue weighted by atomic mass is 32.2. The van der Waals surface area contributed by atoms with Crippen molar-refractivity contribution in [3.63, 3.8) is 0 Å². The van der Waals surface area contributed by atoms with Gasteiger partial charge in [-0.25, -0.2) is 0 Å². The van der Waals surface area contributed by atoms with Crippen LogP contribution in [0.15, 0.2) is 132 Å². The highest BCUT2D eigenvalue weighted by Gasteiger charge is 2.53. The van der Waals surface area contributed by atoms with Gasteiger partial charge in [0.2, 0.25) is 0 Å². The average Bonchev–Trinajstić information content (AvgIpc) is 3.60. The van der Waals surface area contributed by atoms with Crippen LogP contribution in [0.1, 0.15) is 37.7 Å². The third-order valence-corrected chi connectivity index (χ3v) is 16.2. The van der Waals surface area contributed by atoms with Crippen molar-refractivity contribution in [3.8, 4) is 0 Å². The van der Waals surface area contributed by atoms with Crippen LogP contribution in [0.5, 0.6) is 0 Å². The molecule has 0 amide bonds. The summed E-state index contributed by atoms with van der Waals surface area (Å²) < 4.78 is 0. The summed E-state index contributed by atoms with van der Waals surface area (Å²) in [5.74, 6) is 2.86. The van der Waals surface area contributed by atoms with Gasteiger partial charge in [-0.1, -0.05) is 114 Å². The van der Waals surface area contributed by atoms with E-state index >= 15 is 0 Å². The van der Waals surface area contributed by atoms with E-state index in [0.717, 1.165) is 12.8 Å². The van der Waals surface area contributed by atoms with E-state index in [1.165, 1.54) is 34.9 Å². The van der Waals surface area contributed by atoms with Gasteiger partial charge < -0.3 is 4.90 Å². The highest BCUT2D eigenvalue weighted by Crippen LogP contribution is 2.55. The van der Waals surface area contributed by atoms with E-state index in [1.54, 1.807) is 15.6 Å². The minimum absolute atomic E-state index is 0.0951. The van der Waals surface area contributed by atoms with E-state index in [9.17, 15) is 0 Å². The first-order chi connectivity index (χ1) is 18.7. The third-order valence-electron chi connectivity index (χ3n) is 9.31. The number of allylic oxidation sites excluding steroid dienone is 6. The van der Waals surface area contributed by atoms with Crippen molar-refractivity contribution in [2.45, 2.75) is 43.2 Å². The van der Waals surface area contributed by atoms with Gasteiger partial charge in [0.05, 0.1) is 5.54 Å². The molecule has 2 aliphatic heterocycles. The quantitative estimate of drug-likeness (QED) is 0.317. The molecule has 0 bridgehead atoms. The molecule has 0 radical (unpaired) electrons. The zero-order valence-electron chi connectivity index (χ0n) is 22.1. The van der Waals surface area contributed by atoms with E-state index in [-0.39, 0.29) is 5.54 Å². The molecule has 1 saturated heterocycles. The second-order valence-corrected chi connectivity index (χ2v) is 16.6. The molecule has 3 atom stereocenters. The number of benzene rings is 3. The molecule has 0 aromatic heterocycles. The molecule has 1 fully saturated rings. The van der Waals surface area contributed by atoms with Crippen LogP contribution < -0.4 is 15.3 Å². The molecule has 3 unspecified atom stereocenters. The first-order valence-corrected chi connectivity index (χ1v) is 17.3. The lowest BCUT2D eigenvalue weighted by Crippen LogP contribution is -2.64. The Balaban J connectivity index is 1.45. The first-order valence-electron chi connectivity index (χ1n) is 14.1. The normalized spacial score (nSPS) is 26.1. The Hall–Kier alpha value is -3.01. The number of hydrogen-bond acceptors (Lipinski definition) is 2. The van der Waals surface area contributed by atoms with Crippen LogP contribution in [-0.2, 0) is 0 Å². The summed E-state index contributed by atoms with van der Waals surface area (Å²) in [6.07, 6.45) is 18.2. The van der Waals surface area contributed by atoms with Gasteiger partial charge in [0.25, 0.3) is 0 Å². The predicted molar refractivity (Wildman–Crippen MR) is 167 cm³/mol. The Morgan fingerprint density at radius 2 is 1.61 bits per heavy atom. The topological polar surface area (TPSA) is 3.24 Å². The van der Waals surface area contributed by atoms with Gasteiger partial charge >= 0.3 is 0 Å². The standard InChI is InChI=1S/C35H35NSSi/c1-35-23-21-30(25-33(35)32-19-11-12-20-34(32)36(35)27-13-5-2-6-14-27)38(31-22-24-37-26-31,28-15-7-3-8-16-28)29-17-9-4-10-18-29/h2-5,7-13,15-21,23,25,31,33H,6,14,22,24,26H2,1H3. The maximum atomic E-state index is 2.72. The van der Waals surface area contributed by atoms with Gasteiger partial charge in [-0.15, -0.1) is 0 Å². The van der Waals surface area contributed by atoms with Crippen LogP contribution in [0.2, 0.25) is 5.54 Å². The van der Waals surface area contributed by atoms with Crippen molar-refractivity contribution in [3.05, 3.63) is 138 Å². The summed E-state index contributed by atoms with van der Waals surface area (Å²) in [7, 11) is -2.28. The van der Waals surface area contributed by atoms with Crippen LogP contribution in [0.3, 0.4) is 0 Å². The van der Waals surface area contributed by atoms with Crippen LogP contribution >= 0.6 is 11.8 Å². The van der Waals surface area contributed by atoms with Crippen molar-refractivity contribution in [1.82, 2.24) is 0 Å². The summed E-state index contributed by atoms with van der Waals surface area (Å²) in [4.78, 5) is 2.65. The van der Waals surface area contributed by atoms with Crippen LogP contribution in [0.25, 0.3) is 0 Å². The third kappa shape index (κ3) is 3.59. The zero-order valence-corrected chi connectivity index (χ0v) is 23.9. The lowest BCUT2D eigenvalue weighted by atomic mass is 9.80. The van der Waals surface area contributed by atoms with E-state index in [4.69, 9.17) is 0 Å². The maximum Gasteiger partial charge on any atom is 0.151 e. The molecule has 0 N–H and O–H groups in total. The number of nitrogens with zero attached hydrogens (tertiary/aromatic N) is 1. The van der Waals surface area contributed by atoms with Gasteiger partial charge in [-0.05, 0) is 71.3 Å². The average molecular weight is 530 g/mol. The van der Waals surface area contributed by atoms with Crippen molar-refractivity contribution in [2.24, 2.45) is 0 Å². The van der Waals surface area contributed by atoms with Gasteiger partial charge in [0, 0.05) is 17.3 Å². The Kier molecular flexibility index (Phi) is 6.09. The molecular weight excluding hydrogens is 495 g/mol. The molecular formula is C35H35NSSi. The van der Waals surface area contributed by atoms with Gasteiger partial charge in [0.1, 0.15) is 0 Å². The number of hydrogen-bond donors (Lipinski definition) is 0. The summed E-state index contributed by atoms with van der Waals surface area (Å²) >= 11 is 2.15. The molecule has 0 spiro atoms. The van der Waals surface area contributed by atoms with E-state index < -0.39 is 8.07 Å². The van der Waals surface area contributed by atoms with Crippen LogP contribution in [0, 0.1) is 0 Å². The van der Waals surface area contributed by atoms with Crippen molar-refractivity contribution >= 4 is 35.9 Å². The summed E-state index contributed by atoms with van der Waals surface area (Å²) in [5.41, 5.74) is 4.89. The van der Waals surface area contributed by atoms with E-state index in [0.29, 0.717) is 11.5 Å². The fourth-order valence-electron chi connectivity index (χ4n) is 7.59. The molecule has 2 aliphatic carbocycles. The molecule has 3 aromatic carbocycles. The summed E-state index contributed by atoms with van der Waals surface area (Å²) in [5, 5.41) is 4.71. The van der Waals surface area contributed by atoms with Crippen molar-refractivity contribution in [1.29, 1.82) is 0 Å². The lowest BCUT2D eigenvalue weighted by molar-refractivity contribution is 0.519. The Morgan fingerprint density at radius 1 is 0.895 bits per heavy atom. The van der Waals surface area contributed by atoms with Crippen molar-refractivity contribution < 1.29 is 0 Å². The van der Waals surface area contributed by atoms with Gasteiger partial charge in [0.15, 0.2) is 8.07 Å². The van der Waals surface area contributed by atoms with Crippen molar-refractivity contribution in [2.75, 3.05) is 16.4 Å². The fourth-order valence-corrected chi connectivity index (χ4v) is 15.4. The van der Waals surface area contributed by atoms with Gasteiger partial charge in [-0.2, -0.15) is 11.8 Å². The maximum absolute atomic E-state index is 2.72. The number of para-hydroxylation sites is 1. The Bertz CT molecular complexity index is 1410. The molecule has 38 heavy (non-hydrogen) atoms. The number of thioether (sulfide) groups is 1. The molecule has 1 nitrogen and oxygen atoms in total. The molecule has 4 aliphatic rings. The van der Waals surface area contributed by atoms with E-state index in [2.05, 4.69) is 145 Å². The minimum Gasteiger partial charge on any atom is -0.335 e. The Morgan fingerprint density at radius 3 is 2.26 bits per heavy atom. The minimum atomic E-state index is -2.28. The van der Waals surface area contributed by atoms with Crippen LogP contribution in [-0.4, -0.2) is 25.1 Å². The lowest BCUT2D eigenvalue weighted by Gasteiger charge is -2.45. The fraction of sp³-hybridized carbons (Fsp3) is 0.257. The molecule has 3 heteroatoms. The monoisotopic (exact) mass is 529 g/mol. The first kappa shape index (κ1) is 24.1. The second kappa shape index (κ2) is 9.62. The highest BCUT2D eigenvalue weighted by molar-refractivity contribution is 7.99. The van der Waals surface area contributed by atoms with E-state index in [1.807, 2.05) is 0 Å². The molecule has 3 aromatic rings. The summed E-state index contributed by atoms with van der Waals surface area (Å²) in [6, 6.07) is 32.3. The smallest absolute Gasteiger partial charge is 0.151 e. The number of anilines is 1. The number of rotatable bonds is 5. The van der Waals surface area contributed by atoms with Gasteiger partial charge in [-0.3, -0.25) is 0 Å². The largest absolute Gasteiger partial charge is 0.335 e. The number of fused-ring (bicyclic) bond motifs is 3. The second-order valence-electron chi connectivity index (χ2n) is 11.3. The zero-order chi connectivity index (χ0) is 25.6. The SMILES string of the molecule is CC12C=CC([Si](c3ccccc3)(c3ccccc3)C3CCSC3)=CC1c1ccccc1N2C1=CC=CCC1. The van der Waals surface area contributed by atoms with Crippen LogP contribution in [0.4, 0.5) is 5.69 Å². The molecule has 0 saturated carbocycles.